The maximum absolute atomic E-state index is 11.3. The van der Waals surface area contributed by atoms with Crippen molar-refractivity contribution in [3.63, 3.8) is 0 Å². The highest BCUT2D eigenvalue weighted by molar-refractivity contribution is 5.80. The molecule has 0 rings (SSSR count). The Bertz CT molecular complexity index is 216. The van der Waals surface area contributed by atoms with Gasteiger partial charge in [0.05, 0.1) is 0 Å². The SMILES string of the molecule is CCCCCCCC(=O)N[C@@H]([C]=O)C[C]=O. The summed E-state index contributed by atoms with van der Waals surface area (Å²) in [6.45, 7) is 2.13. The molecule has 0 aliphatic rings. The van der Waals surface area contributed by atoms with Crippen molar-refractivity contribution < 1.29 is 14.4 Å². The fourth-order valence-corrected chi connectivity index (χ4v) is 1.36. The summed E-state index contributed by atoms with van der Waals surface area (Å²) in [6.07, 6.45) is 8.80. The first-order chi connectivity index (χ1) is 7.74. The Morgan fingerprint density at radius 3 is 2.44 bits per heavy atom. The topological polar surface area (TPSA) is 63.2 Å². The minimum absolute atomic E-state index is 0.120. The van der Waals surface area contributed by atoms with Gasteiger partial charge in [0, 0.05) is 12.8 Å². The third-order valence-corrected chi connectivity index (χ3v) is 2.27. The molecule has 0 unspecified atom stereocenters. The fraction of sp³-hybridized carbons (Fsp3) is 0.750. The smallest absolute Gasteiger partial charge is 0.223 e. The first-order valence-corrected chi connectivity index (χ1v) is 5.76. The Hall–Kier alpha value is -1.19. The van der Waals surface area contributed by atoms with Gasteiger partial charge in [-0.1, -0.05) is 32.6 Å². The van der Waals surface area contributed by atoms with Crippen LogP contribution in [0.5, 0.6) is 0 Å². The molecule has 0 saturated carbocycles. The Morgan fingerprint density at radius 2 is 1.88 bits per heavy atom. The molecule has 0 saturated heterocycles. The Labute approximate surface area is 96.8 Å². The summed E-state index contributed by atoms with van der Waals surface area (Å²) in [4.78, 5) is 31.7. The van der Waals surface area contributed by atoms with Crippen LogP contribution in [-0.2, 0) is 14.4 Å². The van der Waals surface area contributed by atoms with Crippen molar-refractivity contribution in [3.8, 4) is 0 Å². The molecule has 90 valence electrons. The maximum Gasteiger partial charge on any atom is 0.223 e. The molecule has 0 heterocycles. The van der Waals surface area contributed by atoms with E-state index in [1.165, 1.54) is 12.8 Å². The number of hydrogen-bond donors (Lipinski definition) is 1. The second-order valence-electron chi connectivity index (χ2n) is 3.75. The third-order valence-electron chi connectivity index (χ3n) is 2.27. The van der Waals surface area contributed by atoms with Crippen molar-refractivity contribution in [2.45, 2.75) is 57.9 Å². The van der Waals surface area contributed by atoms with Gasteiger partial charge in [-0.3, -0.25) is 14.4 Å². The average molecular weight is 225 g/mol. The Balaban J connectivity index is 3.56. The van der Waals surface area contributed by atoms with E-state index in [2.05, 4.69) is 12.2 Å². The molecule has 0 aliphatic heterocycles. The van der Waals surface area contributed by atoms with E-state index in [4.69, 9.17) is 0 Å². The van der Waals surface area contributed by atoms with Gasteiger partial charge < -0.3 is 5.32 Å². The van der Waals surface area contributed by atoms with Crippen molar-refractivity contribution in [2.75, 3.05) is 0 Å². The van der Waals surface area contributed by atoms with Crippen LogP contribution in [-0.4, -0.2) is 24.5 Å². The van der Waals surface area contributed by atoms with Crippen LogP contribution in [0.2, 0.25) is 0 Å². The summed E-state index contributed by atoms with van der Waals surface area (Å²) in [6, 6.07) is -0.833. The normalized spacial score (nSPS) is 11.8. The molecule has 0 aliphatic carbocycles. The van der Waals surface area contributed by atoms with E-state index < -0.39 is 6.04 Å². The molecule has 1 atom stereocenters. The number of carbonyl (C=O) groups is 1. The van der Waals surface area contributed by atoms with Crippen LogP contribution in [0.15, 0.2) is 0 Å². The minimum Gasteiger partial charge on any atom is -0.345 e. The molecule has 4 nitrogen and oxygen atoms in total. The molecule has 4 heteroatoms. The summed E-state index contributed by atoms with van der Waals surface area (Å²) in [5.41, 5.74) is 0. The number of rotatable bonds is 10. The van der Waals surface area contributed by atoms with Gasteiger partial charge in [-0.2, -0.15) is 0 Å². The van der Waals surface area contributed by atoms with Crippen LogP contribution >= 0.6 is 0 Å². The number of nitrogens with one attached hydrogen (secondary N) is 1. The number of carbonyl (C=O) groups excluding carboxylic acids is 3. The van der Waals surface area contributed by atoms with Gasteiger partial charge in [-0.25, -0.2) is 0 Å². The zero-order valence-corrected chi connectivity index (χ0v) is 9.75. The van der Waals surface area contributed by atoms with Crippen molar-refractivity contribution in [1.29, 1.82) is 0 Å². The number of hydrogen-bond acceptors (Lipinski definition) is 3. The van der Waals surface area contributed by atoms with Crippen LogP contribution in [0.4, 0.5) is 0 Å². The highest BCUT2D eigenvalue weighted by Gasteiger charge is 2.11. The molecule has 0 aromatic carbocycles. The monoisotopic (exact) mass is 225 g/mol. The highest BCUT2D eigenvalue weighted by Crippen LogP contribution is 2.04. The molecule has 1 N–H and O–H groups in total. The van der Waals surface area contributed by atoms with Gasteiger partial charge in [0.25, 0.3) is 0 Å². The average Bonchev–Trinajstić information content (AvgIpc) is 2.28. The third kappa shape index (κ3) is 8.15. The molecule has 0 spiro atoms. The Morgan fingerprint density at radius 1 is 1.19 bits per heavy atom. The first-order valence-electron chi connectivity index (χ1n) is 5.76. The Kier molecular flexibility index (Phi) is 9.56. The molecule has 16 heavy (non-hydrogen) atoms. The number of amides is 1. The van der Waals surface area contributed by atoms with E-state index in [1.54, 1.807) is 12.6 Å². The predicted molar refractivity (Wildman–Crippen MR) is 61.3 cm³/mol. The second kappa shape index (κ2) is 10.3. The summed E-state index contributed by atoms with van der Waals surface area (Å²) < 4.78 is 0. The van der Waals surface area contributed by atoms with Crippen molar-refractivity contribution in [3.05, 3.63) is 0 Å². The lowest BCUT2D eigenvalue weighted by atomic mass is 10.1. The minimum atomic E-state index is -0.833. The molecule has 0 aromatic heterocycles. The van der Waals surface area contributed by atoms with Gasteiger partial charge in [0.15, 0.2) is 0 Å². The van der Waals surface area contributed by atoms with Crippen LogP contribution in [0, 0.1) is 0 Å². The molecule has 0 bridgehead atoms. The molecular formula is C12H19NO3. The van der Waals surface area contributed by atoms with E-state index in [-0.39, 0.29) is 12.3 Å². The van der Waals surface area contributed by atoms with Crippen molar-refractivity contribution in [1.82, 2.24) is 5.32 Å². The largest absolute Gasteiger partial charge is 0.345 e. The van der Waals surface area contributed by atoms with Crippen LogP contribution in [0.3, 0.4) is 0 Å². The lowest BCUT2D eigenvalue weighted by Crippen LogP contribution is -2.36. The van der Waals surface area contributed by atoms with Crippen LogP contribution in [0.25, 0.3) is 0 Å². The maximum atomic E-state index is 11.3. The highest BCUT2D eigenvalue weighted by atomic mass is 16.2. The van der Waals surface area contributed by atoms with E-state index >= 15 is 0 Å². The predicted octanol–water partition coefficient (Wildman–Crippen LogP) is 1.44. The number of unbranched alkanes of at least 4 members (excludes halogenated alkanes) is 4. The first kappa shape index (κ1) is 14.8. The van der Waals surface area contributed by atoms with Crippen molar-refractivity contribution >= 4 is 18.5 Å². The van der Waals surface area contributed by atoms with Gasteiger partial charge in [-0.05, 0) is 6.42 Å². The zero-order valence-electron chi connectivity index (χ0n) is 9.75. The van der Waals surface area contributed by atoms with E-state index in [9.17, 15) is 14.4 Å². The van der Waals surface area contributed by atoms with Gasteiger partial charge >= 0.3 is 0 Å². The molecule has 0 aromatic rings. The van der Waals surface area contributed by atoms with E-state index in [0.29, 0.717) is 6.42 Å². The zero-order chi connectivity index (χ0) is 12.2. The molecule has 1 amide bonds. The summed E-state index contributed by atoms with van der Waals surface area (Å²) in [7, 11) is 0. The molecule has 2 radical (unpaired) electrons. The van der Waals surface area contributed by atoms with Gasteiger partial charge in [0.2, 0.25) is 18.5 Å². The van der Waals surface area contributed by atoms with Gasteiger partial charge in [-0.15, -0.1) is 0 Å². The summed E-state index contributed by atoms with van der Waals surface area (Å²) in [5.74, 6) is -0.194. The quantitative estimate of drug-likeness (QED) is 0.572. The van der Waals surface area contributed by atoms with Crippen LogP contribution < -0.4 is 5.32 Å². The standard InChI is InChI=1S/C12H19NO3/c1-2-3-4-5-6-7-12(16)13-11(10-15)8-9-14/h11H,2-8H2,1H3,(H,13,16)/t11-/m1/s1. The summed E-state index contributed by atoms with van der Waals surface area (Å²) in [5, 5.41) is 2.43. The molecule has 0 fully saturated rings. The fourth-order valence-electron chi connectivity index (χ4n) is 1.36. The van der Waals surface area contributed by atoms with E-state index in [0.717, 1.165) is 19.3 Å². The van der Waals surface area contributed by atoms with Crippen LogP contribution in [0.1, 0.15) is 51.9 Å². The van der Waals surface area contributed by atoms with Crippen molar-refractivity contribution in [2.24, 2.45) is 0 Å². The van der Waals surface area contributed by atoms with E-state index in [1.807, 2.05) is 0 Å². The lowest BCUT2D eigenvalue weighted by molar-refractivity contribution is -0.121. The molecular weight excluding hydrogens is 206 g/mol. The summed E-state index contributed by atoms with van der Waals surface area (Å²) >= 11 is 0. The van der Waals surface area contributed by atoms with Gasteiger partial charge in [0.1, 0.15) is 6.04 Å². The second-order valence-corrected chi connectivity index (χ2v) is 3.75. The lowest BCUT2D eigenvalue weighted by Gasteiger charge is -2.08.